The Labute approximate surface area is 84.8 Å². The highest BCUT2D eigenvalue weighted by Crippen LogP contribution is 2.31. The van der Waals surface area contributed by atoms with Gasteiger partial charge in [0.2, 0.25) is 0 Å². The Morgan fingerprint density at radius 1 is 1.42 bits per heavy atom. The molecule has 3 heteroatoms. The fourth-order valence-electron chi connectivity index (χ4n) is 1.89. The molecule has 0 aromatic carbocycles. The molecule has 0 aromatic heterocycles. The summed E-state index contributed by atoms with van der Waals surface area (Å²) in [6, 6.07) is 0.798. The normalized spacial score (nSPS) is 31.2. The number of hydrogen-bond donors (Lipinski definition) is 0. The van der Waals surface area contributed by atoms with Gasteiger partial charge in [0.1, 0.15) is 0 Å². The highest BCUT2D eigenvalue weighted by Gasteiger charge is 2.29. The second kappa shape index (κ2) is 5.40. The Bertz CT molecular complexity index is 130. The van der Waals surface area contributed by atoms with Crippen LogP contribution in [0.15, 0.2) is 0 Å². The van der Waals surface area contributed by atoms with Crippen molar-refractivity contribution >= 4 is 23.7 Å². The molecule has 0 bridgehead atoms. The first-order valence-electron chi connectivity index (χ1n) is 4.59. The van der Waals surface area contributed by atoms with Crippen LogP contribution in [-0.4, -0.2) is 35.2 Å². The van der Waals surface area contributed by atoms with Crippen LogP contribution in [0, 0.1) is 5.92 Å². The summed E-state index contributed by atoms with van der Waals surface area (Å²) in [5.74, 6) is 2.28. The molecule has 0 amide bonds. The molecule has 0 saturated carbocycles. The monoisotopic (exact) mass is 205 g/mol. The van der Waals surface area contributed by atoms with Crippen molar-refractivity contribution in [2.75, 3.05) is 24.8 Å². The van der Waals surface area contributed by atoms with Gasteiger partial charge >= 0.3 is 0 Å². The lowest BCUT2D eigenvalue weighted by molar-refractivity contribution is 0.385. The number of nitrogens with zero attached hydrogens (tertiary/aromatic N) is 1. The van der Waals surface area contributed by atoms with Crippen LogP contribution >= 0.6 is 23.7 Å². The average Bonchev–Trinajstić information content (AvgIpc) is 2.43. The summed E-state index contributed by atoms with van der Waals surface area (Å²) >= 11 is 3.88. The molecule has 72 valence electrons. The smallest absolute Gasteiger partial charge is 0.0203 e. The Morgan fingerprint density at radius 3 is 2.67 bits per heavy atom. The minimum atomic E-state index is 0.798. The summed E-state index contributed by atoms with van der Waals surface area (Å²) in [5, 5.41) is 0. The van der Waals surface area contributed by atoms with Gasteiger partial charge < -0.3 is 0 Å². The van der Waals surface area contributed by atoms with Gasteiger partial charge in [-0.1, -0.05) is 11.9 Å². The van der Waals surface area contributed by atoms with Crippen LogP contribution in [0.25, 0.3) is 0 Å². The molecule has 2 unspecified atom stereocenters. The van der Waals surface area contributed by atoms with Crippen LogP contribution in [0.5, 0.6) is 0 Å². The van der Waals surface area contributed by atoms with Crippen molar-refractivity contribution < 1.29 is 0 Å². The van der Waals surface area contributed by atoms with Gasteiger partial charge in [-0.3, -0.25) is 0 Å². The third-order valence-electron chi connectivity index (χ3n) is 2.78. The number of thioether (sulfide) groups is 1. The van der Waals surface area contributed by atoms with E-state index in [1.807, 2.05) is 23.7 Å². The van der Waals surface area contributed by atoms with E-state index in [0.29, 0.717) is 0 Å². The lowest BCUT2D eigenvalue weighted by Crippen LogP contribution is -2.23. The lowest BCUT2D eigenvalue weighted by atomic mass is 9.99. The van der Waals surface area contributed by atoms with Crippen LogP contribution < -0.4 is 0 Å². The molecule has 0 N–H and O–H groups in total. The second-order valence-corrected chi connectivity index (χ2v) is 5.21. The van der Waals surface area contributed by atoms with E-state index in [1.165, 1.54) is 25.1 Å². The Kier molecular flexibility index (Phi) is 4.84. The van der Waals surface area contributed by atoms with Crippen LogP contribution in [0.1, 0.15) is 19.8 Å². The largest absolute Gasteiger partial charge is 0.248 e. The molecule has 1 rings (SSSR count). The third kappa shape index (κ3) is 2.57. The van der Waals surface area contributed by atoms with Crippen LogP contribution in [0.4, 0.5) is 0 Å². The van der Waals surface area contributed by atoms with Gasteiger partial charge in [0.25, 0.3) is 0 Å². The second-order valence-electron chi connectivity index (χ2n) is 3.39. The van der Waals surface area contributed by atoms with Crippen LogP contribution in [0.3, 0.4) is 0 Å². The molecule has 1 aliphatic rings. The van der Waals surface area contributed by atoms with E-state index >= 15 is 0 Å². The number of hydrogen-bond acceptors (Lipinski definition) is 3. The van der Waals surface area contributed by atoms with Gasteiger partial charge in [0.15, 0.2) is 0 Å². The average molecular weight is 205 g/mol. The van der Waals surface area contributed by atoms with Crippen molar-refractivity contribution in [1.82, 2.24) is 4.31 Å². The topological polar surface area (TPSA) is 3.24 Å². The van der Waals surface area contributed by atoms with Crippen molar-refractivity contribution in [3.05, 3.63) is 0 Å². The lowest BCUT2D eigenvalue weighted by Gasteiger charge is -2.21. The maximum Gasteiger partial charge on any atom is 0.0203 e. The molecule has 0 radical (unpaired) electrons. The van der Waals surface area contributed by atoms with Gasteiger partial charge in [-0.25, -0.2) is 4.31 Å². The number of rotatable bonds is 4. The van der Waals surface area contributed by atoms with E-state index in [4.69, 9.17) is 0 Å². The summed E-state index contributed by atoms with van der Waals surface area (Å²) in [6.45, 7) is 3.66. The molecule has 1 fully saturated rings. The molecule has 12 heavy (non-hydrogen) atoms. The summed E-state index contributed by atoms with van der Waals surface area (Å²) < 4.78 is 2.52. The summed E-state index contributed by atoms with van der Waals surface area (Å²) in [7, 11) is 0. The molecule has 1 saturated heterocycles. The molecule has 1 aliphatic heterocycles. The molecule has 0 aromatic rings. The Hall–Kier alpha value is 0.660. The standard InChI is InChI=1S/C9H19NS2/c1-8-9(5-7-11-2)4-6-10(8)12-3/h8-9H,4-7H2,1-3H3. The highest BCUT2D eigenvalue weighted by atomic mass is 32.2. The van der Waals surface area contributed by atoms with E-state index in [2.05, 4.69) is 23.7 Å². The molecule has 0 spiro atoms. The predicted octanol–water partition coefficient (Wildman–Crippen LogP) is 2.73. The van der Waals surface area contributed by atoms with Crippen molar-refractivity contribution in [1.29, 1.82) is 0 Å². The predicted molar refractivity (Wildman–Crippen MR) is 60.8 cm³/mol. The maximum atomic E-state index is 2.52. The zero-order valence-corrected chi connectivity index (χ0v) is 9.88. The fourth-order valence-corrected chi connectivity index (χ4v) is 3.22. The van der Waals surface area contributed by atoms with E-state index in [-0.39, 0.29) is 0 Å². The SMILES string of the molecule is CSCCC1CCN(SC)C1C. The summed E-state index contributed by atoms with van der Waals surface area (Å²) in [5.41, 5.74) is 0. The Morgan fingerprint density at radius 2 is 2.17 bits per heavy atom. The zero-order chi connectivity index (χ0) is 8.97. The highest BCUT2D eigenvalue weighted by molar-refractivity contribution is 7.98. The quantitative estimate of drug-likeness (QED) is 0.650. The minimum Gasteiger partial charge on any atom is -0.248 e. The summed E-state index contributed by atoms with van der Waals surface area (Å²) in [6.07, 6.45) is 7.20. The minimum absolute atomic E-state index is 0.798. The van der Waals surface area contributed by atoms with Crippen molar-refractivity contribution in [2.24, 2.45) is 5.92 Å². The summed E-state index contributed by atoms with van der Waals surface area (Å²) in [4.78, 5) is 0. The van der Waals surface area contributed by atoms with Gasteiger partial charge in [-0.15, -0.1) is 0 Å². The first-order chi connectivity index (χ1) is 5.79. The van der Waals surface area contributed by atoms with Gasteiger partial charge in [-0.2, -0.15) is 11.8 Å². The first kappa shape index (κ1) is 10.7. The molecular weight excluding hydrogens is 186 g/mol. The van der Waals surface area contributed by atoms with Crippen molar-refractivity contribution in [2.45, 2.75) is 25.8 Å². The molecular formula is C9H19NS2. The van der Waals surface area contributed by atoms with Gasteiger partial charge in [0.05, 0.1) is 0 Å². The van der Waals surface area contributed by atoms with Gasteiger partial charge in [-0.05, 0) is 43.9 Å². The Balaban J connectivity index is 2.28. The van der Waals surface area contributed by atoms with Crippen LogP contribution in [0.2, 0.25) is 0 Å². The third-order valence-corrected chi connectivity index (χ3v) is 4.41. The van der Waals surface area contributed by atoms with E-state index in [0.717, 1.165) is 12.0 Å². The van der Waals surface area contributed by atoms with Crippen LogP contribution in [-0.2, 0) is 0 Å². The van der Waals surface area contributed by atoms with E-state index in [9.17, 15) is 0 Å². The van der Waals surface area contributed by atoms with Crippen molar-refractivity contribution in [3.8, 4) is 0 Å². The zero-order valence-electron chi connectivity index (χ0n) is 8.25. The molecule has 2 atom stereocenters. The van der Waals surface area contributed by atoms with Gasteiger partial charge in [0, 0.05) is 12.6 Å². The van der Waals surface area contributed by atoms with Crippen molar-refractivity contribution in [3.63, 3.8) is 0 Å². The molecule has 0 aliphatic carbocycles. The molecule has 1 nitrogen and oxygen atoms in total. The first-order valence-corrected chi connectivity index (χ1v) is 7.16. The fraction of sp³-hybridized carbons (Fsp3) is 1.00. The maximum absolute atomic E-state index is 2.52. The molecule has 1 heterocycles. The van der Waals surface area contributed by atoms with E-state index in [1.54, 1.807) is 0 Å². The van der Waals surface area contributed by atoms with E-state index < -0.39 is 0 Å².